The monoisotopic (exact) mass is 496 g/mol. The molecule has 0 atom stereocenters. The van der Waals surface area contributed by atoms with Gasteiger partial charge in [0.2, 0.25) is 0 Å². The first-order chi connectivity index (χ1) is 17.3. The minimum absolute atomic E-state index is 0.00000251. The molecule has 0 aromatic carbocycles. The Morgan fingerprint density at radius 3 is 2.69 bits per heavy atom. The number of nitrogens with zero attached hydrogens (tertiary/aromatic N) is 6. The standard InChI is InChI=1S/C25H23F3N6O2/c1-3-30-21-7-15(26)5-4-14(21)6-19-13(2)31-24-20(10-29)22(23(27)28)32-34(24)25(19)33-11-18(12-33)36-17-8-16(35)9-17/h3-7,16-18,23,35H,1,8-9,11-12H2,2H3/b14-6+,30-21?. The van der Waals surface area contributed by atoms with E-state index in [1.807, 2.05) is 11.0 Å². The summed E-state index contributed by atoms with van der Waals surface area (Å²) in [7, 11) is 0. The molecule has 0 spiro atoms. The number of rotatable bonds is 6. The summed E-state index contributed by atoms with van der Waals surface area (Å²) in [5, 5.41) is 23.2. The lowest BCUT2D eigenvalue weighted by Crippen LogP contribution is -2.56. The summed E-state index contributed by atoms with van der Waals surface area (Å²) in [4.78, 5) is 10.5. The highest BCUT2D eigenvalue weighted by atomic mass is 19.3. The van der Waals surface area contributed by atoms with Gasteiger partial charge in [0.25, 0.3) is 6.43 Å². The molecule has 1 saturated heterocycles. The first-order valence-electron chi connectivity index (χ1n) is 11.4. The van der Waals surface area contributed by atoms with Crippen LogP contribution in [0.5, 0.6) is 0 Å². The number of aliphatic hydroxyl groups excluding tert-OH is 1. The van der Waals surface area contributed by atoms with Gasteiger partial charge in [-0.3, -0.25) is 4.99 Å². The maximum Gasteiger partial charge on any atom is 0.283 e. The van der Waals surface area contributed by atoms with E-state index >= 15 is 0 Å². The highest BCUT2D eigenvalue weighted by Gasteiger charge is 2.38. The van der Waals surface area contributed by atoms with E-state index in [1.54, 1.807) is 19.1 Å². The van der Waals surface area contributed by atoms with Crippen molar-refractivity contribution in [2.45, 2.75) is 44.5 Å². The van der Waals surface area contributed by atoms with Crippen LogP contribution in [0.4, 0.5) is 19.0 Å². The molecule has 5 rings (SSSR count). The maximum atomic E-state index is 13.9. The molecule has 0 bridgehead atoms. The van der Waals surface area contributed by atoms with Crippen LogP contribution in [0.1, 0.15) is 41.8 Å². The topological polar surface area (TPSA) is 99.0 Å². The van der Waals surface area contributed by atoms with Gasteiger partial charge in [0, 0.05) is 36.5 Å². The number of aryl methyl sites for hydroxylation is 1. The Hall–Kier alpha value is -3.75. The van der Waals surface area contributed by atoms with Crippen LogP contribution in [0.25, 0.3) is 11.7 Å². The minimum atomic E-state index is -2.95. The molecule has 1 N–H and O–H groups in total. The van der Waals surface area contributed by atoms with E-state index in [9.17, 15) is 23.5 Å². The summed E-state index contributed by atoms with van der Waals surface area (Å²) in [6, 6.07) is 1.81. The van der Waals surface area contributed by atoms with Gasteiger partial charge in [0.15, 0.2) is 5.65 Å². The third-order valence-corrected chi connectivity index (χ3v) is 6.44. The Balaban J connectivity index is 1.61. The lowest BCUT2D eigenvalue weighted by Gasteiger charge is -2.44. The zero-order valence-corrected chi connectivity index (χ0v) is 19.4. The summed E-state index contributed by atoms with van der Waals surface area (Å²) < 4.78 is 48.6. The van der Waals surface area contributed by atoms with Crippen LogP contribution in [0, 0.1) is 18.3 Å². The molecule has 2 aromatic rings. The van der Waals surface area contributed by atoms with Crippen molar-refractivity contribution >= 4 is 23.3 Å². The normalized spacial score (nSPS) is 24.2. The average molecular weight is 496 g/mol. The fourth-order valence-corrected chi connectivity index (χ4v) is 4.53. The molecule has 1 saturated carbocycles. The molecular formula is C25H23F3N6O2. The third-order valence-electron chi connectivity index (χ3n) is 6.44. The van der Waals surface area contributed by atoms with Gasteiger partial charge in [0.05, 0.1) is 29.7 Å². The predicted molar refractivity (Wildman–Crippen MR) is 127 cm³/mol. The molecular weight excluding hydrogens is 473 g/mol. The molecule has 36 heavy (non-hydrogen) atoms. The zero-order valence-electron chi connectivity index (χ0n) is 19.4. The van der Waals surface area contributed by atoms with Gasteiger partial charge < -0.3 is 14.7 Å². The van der Waals surface area contributed by atoms with Crippen molar-refractivity contribution in [2.24, 2.45) is 4.99 Å². The Morgan fingerprint density at radius 2 is 2.06 bits per heavy atom. The number of ether oxygens (including phenoxy) is 1. The molecule has 0 amide bonds. The van der Waals surface area contributed by atoms with E-state index in [2.05, 4.69) is 21.7 Å². The predicted octanol–water partition coefficient (Wildman–Crippen LogP) is 3.97. The van der Waals surface area contributed by atoms with E-state index in [0.717, 1.165) is 0 Å². The van der Waals surface area contributed by atoms with Gasteiger partial charge in [-0.25, -0.2) is 18.2 Å². The molecule has 3 heterocycles. The lowest BCUT2D eigenvalue weighted by atomic mass is 9.92. The molecule has 11 heteroatoms. The molecule has 0 radical (unpaired) electrons. The summed E-state index contributed by atoms with van der Waals surface area (Å²) in [5.74, 6) is 0.0118. The highest BCUT2D eigenvalue weighted by Crippen LogP contribution is 2.36. The number of allylic oxidation sites excluding steroid dienone is 5. The van der Waals surface area contributed by atoms with E-state index in [-0.39, 0.29) is 29.5 Å². The molecule has 2 fully saturated rings. The summed E-state index contributed by atoms with van der Waals surface area (Å²) >= 11 is 0. The Morgan fingerprint density at radius 1 is 1.31 bits per heavy atom. The fourth-order valence-electron chi connectivity index (χ4n) is 4.53. The van der Waals surface area contributed by atoms with Crippen molar-refractivity contribution in [2.75, 3.05) is 18.0 Å². The fraction of sp³-hybridized carbons (Fsp3) is 0.360. The molecule has 2 aliphatic carbocycles. The van der Waals surface area contributed by atoms with Gasteiger partial charge in [-0.2, -0.15) is 14.9 Å². The number of hydrogen-bond acceptors (Lipinski definition) is 7. The summed E-state index contributed by atoms with van der Waals surface area (Å²) in [5.41, 5.74) is 1.09. The number of nitriles is 1. The maximum absolute atomic E-state index is 13.9. The largest absolute Gasteiger partial charge is 0.393 e. The Labute approximate surface area is 205 Å². The van der Waals surface area contributed by atoms with Crippen LogP contribution < -0.4 is 4.90 Å². The number of halogens is 3. The van der Waals surface area contributed by atoms with E-state index in [1.165, 1.54) is 22.9 Å². The van der Waals surface area contributed by atoms with Crippen molar-refractivity contribution in [3.05, 3.63) is 64.9 Å². The average Bonchev–Trinajstić information content (AvgIpc) is 3.15. The smallest absolute Gasteiger partial charge is 0.283 e. The highest BCUT2D eigenvalue weighted by molar-refractivity contribution is 6.15. The number of aliphatic hydroxyl groups is 1. The molecule has 8 nitrogen and oxygen atoms in total. The number of aromatic nitrogens is 3. The van der Waals surface area contributed by atoms with Gasteiger partial charge in [-0.15, -0.1) is 0 Å². The second-order valence-corrected chi connectivity index (χ2v) is 8.91. The second-order valence-electron chi connectivity index (χ2n) is 8.91. The number of alkyl halides is 2. The van der Waals surface area contributed by atoms with Gasteiger partial charge in [0.1, 0.15) is 29.0 Å². The number of aliphatic imine (C=N–C) groups is 1. The quantitative estimate of drug-likeness (QED) is 0.650. The van der Waals surface area contributed by atoms with Gasteiger partial charge >= 0.3 is 0 Å². The van der Waals surface area contributed by atoms with Crippen molar-refractivity contribution in [3.63, 3.8) is 0 Å². The van der Waals surface area contributed by atoms with Gasteiger partial charge in [-0.1, -0.05) is 6.58 Å². The van der Waals surface area contributed by atoms with E-state index in [0.29, 0.717) is 54.3 Å². The van der Waals surface area contributed by atoms with Crippen LogP contribution >= 0.6 is 0 Å². The molecule has 1 aliphatic heterocycles. The SMILES string of the molecule is C=CN=C1C=C(F)C=C/C1=C\c1c(C)nc2c(C#N)c(C(F)F)nn2c1N1CC(OC2CC(O)C2)C1. The first kappa shape index (κ1) is 24.0. The molecule has 2 aromatic heterocycles. The van der Waals surface area contributed by atoms with Crippen molar-refractivity contribution in [1.82, 2.24) is 14.6 Å². The second kappa shape index (κ2) is 9.37. The molecule has 3 aliphatic rings. The van der Waals surface area contributed by atoms with E-state index < -0.39 is 17.9 Å². The van der Waals surface area contributed by atoms with E-state index in [4.69, 9.17) is 4.74 Å². The summed E-state index contributed by atoms with van der Waals surface area (Å²) in [6.45, 7) is 6.22. The van der Waals surface area contributed by atoms with Crippen LogP contribution in [-0.2, 0) is 4.74 Å². The Bertz CT molecular complexity index is 1390. The van der Waals surface area contributed by atoms with Crippen LogP contribution in [0.3, 0.4) is 0 Å². The van der Waals surface area contributed by atoms with Crippen LogP contribution in [0.2, 0.25) is 0 Å². The molecule has 0 unspecified atom stereocenters. The molecule has 186 valence electrons. The van der Waals surface area contributed by atoms with Crippen LogP contribution in [0.15, 0.2) is 47.4 Å². The lowest BCUT2D eigenvalue weighted by molar-refractivity contribution is -0.110. The number of anilines is 1. The van der Waals surface area contributed by atoms with Crippen molar-refractivity contribution in [1.29, 1.82) is 5.26 Å². The van der Waals surface area contributed by atoms with Gasteiger partial charge in [-0.05, 0) is 38.0 Å². The van der Waals surface area contributed by atoms with Crippen molar-refractivity contribution in [3.8, 4) is 6.07 Å². The summed E-state index contributed by atoms with van der Waals surface area (Å²) in [6.07, 6.45) is 4.98. The minimum Gasteiger partial charge on any atom is -0.393 e. The zero-order chi connectivity index (χ0) is 25.6. The first-order valence-corrected chi connectivity index (χ1v) is 11.4. The number of hydrogen-bond donors (Lipinski definition) is 1. The third kappa shape index (κ3) is 4.23. The Kier molecular flexibility index (Phi) is 6.24. The van der Waals surface area contributed by atoms with Crippen molar-refractivity contribution < 1.29 is 23.0 Å². The number of fused-ring (bicyclic) bond motifs is 1. The van der Waals surface area contributed by atoms with Crippen LogP contribution in [-0.4, -0.2) is 56.8 Å².